The number of carbonyl (C=O) groups is 2. The van der Waals surface area contributed by atoms with Gasteiger partial charge in [-0.15, -0.1) is 22.7 Å². The lowest BCUT2D eigenvalue weighted by Gasteiger charge is -2.08. The molecule has 0 aliphatic rings. The van der Waals surface area contributed by atoms with Crippen LogP contribution in [0.5, 0.6) is 0 Å². The highest BCUT2D eigenvalue weighted by Gasteiger charge is 2.23. The Morgan fingerprint density at radius 3 is 2.52 bits per heavy atom. The van der Waals surface area contributed by atoms with Gasteiger partial charge < -0.3 is 10.1 Å². The van der Waals surface area contributed by atoms with Gasteiger partial charge in [-0.2, -0.15) is 0 Å². The van der Waals surface area contributed by atoms with Crippen LogP contribution in [-0.4, -0.2) is 19.0 Å². The van der Waals surface area contributed by atoms with Gasteiger partial charge in [-0.25, -0.2) is 4.79 Å². The van der Waals surface area contributed by atoms with E-state index in [1.54, 1.807) is 6.07 Å². The van der Waals surface area contributed by atoms with Crippen LogP contribution in [0.3, 0.4) is 0 Å². The lowest BCUT2D eigenvalue weighted by atomic mass is 10.00. The molecule has 0 radical (unpaired) electrons. The Morgan fingerprint density at radius 2 is 1.78 bits per heavy atom. The molecule has 4 rings (SSSR count). The molecule has 27 heavy (non-hydrogen) atoms. The van der Waals surface area contributed by atoms with Crippen molar-refractivity contribution in [3.8, 4) is 11.1 Å². The minimum Gasteiger partial charge on any atom is -0.465 e. The number of fused-ring (bicyclic) bond motifs is 1. The van der Waals surface area contributed by atoms with Crippen molar-refractivity contribution in [2.45, 2.75) is 0 Å². The maximum absolute atomic E-state index is 12.5. The minimum absolute atomic E-state index is 0.234. The molecule has 0 fully saturated rings. The summed E-state index contributed by atoms with van der Waals surface area (Å²) in [5, 5.41) is 9.26. The van der Waals surface area contributed by atoms with Crippen LogP contribution in [0, 0.1) is 0 Å². The van der Waals surface area contributed by atoms with Gasteiger partial charge in [0, 0.05) is 10.9 Å². The van der Waals surface area contributed by atoms with Gasteiger partial charge in [-0.1, -0.05) is 42.5 Å². The molecule has 0 aliphatic heterocycles. The second-order valence-electron chi connectivity index (χ2n) is 5.84. The molecule has 134 valence electrons. The van der Waals surface area contributed by atoms with E-state index in [9.17, 15) is 9.59 Å². The number of hydrogen-bond acceptors (Lipinski definition) is 5. The van der Waals surface area contributed by atoms with Gasteiger partial charge in [0.1, 0.15) is 10.6 Å². The average Bonchev–Trinajstić information content (AvgIpc) is 3.37. The predicted octanol–water partition coefficient (Wildman–Crippen LogP) is 5.67. The fraction of sp³-hybridized carbons (Fsp3) is 0.0476. The Balaban J connectivity index is 1.77. The van der Waals surface area contributed by atoms with Crippen molar-refractivity contribution in [1.82, 2.24) is 0 Å². The zero-order valence-corrected chi connectivity index (χ0v) is 16.0. The van der Waals surface area contributed by atoms with Crippen molar-refractivity contribution in [3.05, 3.63) is 75.8 Å². The van der Waals surface area contributed by atoms with Gasteiger partial charge in [-0.05, 0) is 33.8 Å². The van der Waals surface area contributed by atoms with E-state index in [2.05, 4.69) is 5.32 Å². The number of ether oxygens (including phenoxy) is 1. The number of esters is 1. The molecular formula is C21H15NO3S2. The molecule has 1 amide bonds. The van der Waals surface area contributed by atoms with E-state index >= 15 is 0 Å². The third-order valence-corrected chi connectivity index (χ3v) is 5.98. The van der Waals surface area contributed by atoms with Gasteiger partial charge in [0.2, 0.25) is 0 Å². The number of thiophene rings is 2. The summed E-state index contributed by atoms with van der Waals surface area (Å²) in [5.74, 6) is -0.706. The molecule has 2 heterocycles. The smallest absolute Gasteiger partial charge is 0.341 e. The number of amides is 1. The van der Waals surface area contributed by atoms with Crippen LogP contribution in [0.15, 0.2) is 65.4 Å². The third kappa shape index (κ3) is 3.37. The van der Waals surface area contributed by atoms with Gasteiger partial charge in [-0.3, -0.25) is 4.79 Å². The number of rotatable bonds is 4. The molecule has 0 spiro atoms. The van der Waals surface area contributed by atoms with Gasteiger partial charge in [0.25, 0.3) is 5.91 Å². The Morgan fingerprint density at radius 1 is 0.963 bits per heavy atom. The Labute approximate surface area is 164 Å². The molecule has 2 aromatic heterocycles. The van der Waals surface area contributed by atoms with Crippen molar-refractivity contribution < 1.29 is 14.3 Å². The summed E-state index contributed by atoms with van der Waals surface area (Å²) >= 11 is 2.67. The number of methoxy groups -OCH3 is 1. The number of anilines is 1. The molecule has 0 saturated carbocycles. The molecule has 0 bridgehead atoms. The van der Waals surface area contributed by atoms with Crippen molar-refractivity contribution in [1.29, 1.82) is 0 Å². The number of nitrogens with one attached hydrogen (secondary N) is 1. The summed E-state index contributed by atoms with van der Waals surface area (Å²) in [7, 11) is 1.34. The summed E-state index contributed by atoms with van der Waals surface area (Å²) < 4.78 is 4.98. The Bertz CT molecular complexity index is 1130. The van der Waals surface area contributed by atoms with Gasteiger partial charge in [0.05, 0.1) is 12.0 Å². The molecule has 0 unspecified atom stereocenters. The quantitative estimate of drug-likeness (QED) is 0.455. The Kier molecular flexibility index (Phi) is 4.75. The highest BCUT2D eigenvalue weighted by Crippen LogP contribution is 2.37. The maximum Gasteiger partial charge on any atom is 0.341 e. The first-order chi connectivity index (χ1) is 13.2. The lowest BCUT2D eigenvalue weighted by molar-refractivity contribution is 0.0603. The van der Waals surface area contributed by atoms with E-state index < -0.39 is 5.97 Å². The molecule has 2 aromatic carbocycles. The van der Waals surface area contributed by atoms with Crippen molar-refractivity contribution in [2.75, 3.05) is 12.4 Å². The van der Waals surface area contributed by atoms with Crippen LogP contribution in [-0.2, 0) is 4.74 Å². The first-order valence-corrected chi connectivity index (χ1v) is 9.97. The van der Waals surface area contributed by atoms with Crippen LogP contribution >= 0.6 is 22.7 Å². The van der Waals surface area contributed by atoms with Gasteiger partial charge >= 0.3 is 5.97 Å². The van der Waals surface area contributed by atoms with E-state index in [0.717, 1.165) is 21.9 Å². The van der Waals surface area contributed by atoms with Crippen LogP contribution < -0.4 is 5.32 Å². The van der Waals surface area contributed by atoms with Crippen molar-refractivity contribution in [3.63, 3.8) is 0 Å². The van der Waals surface area contributed by atoms with Crippen LogP contribution in [0.1, 0.15) is 20.0 Å². The molecule has 0 aliphatic carbocycles. The highest BCUT2D eigenvalue weighted by molar-refractivity contribution is 7.15. The lowest BCUT2D eigenvalue weighted by Crippen LogP contribution is -2.13. The number of carbonyl (C=O) groups excluding carboxylic acids is 2. The SMILES string of the molecule is COC(=O)c1c(-c2ccc3ccccc3c2)csc1NC(=O)c1cccs1. The summed E-state index contributed by atoms with van der Waals surface area (Å²) in [4.78, 5) is 25.5. The Hall–Kier alpha value is -2.96. The normalized spacial score (nSPS) is 10.7. The fourth-order valence-corrected chi connectivity index (χ4v) is 4.47. The van der Waals surface area contributed by atoms with E-state index in [4.69, 9.17) is 4.74 Å². The van der Waals surface area contributed by atoms with E-state index in [1.807, 2.05) is 59.3 Å². The minimum atomic E-state index is -0.471. The average molecular weight is 393 g/mol. The highest BCUT2D eigenvalue weighted by atomic mass is 32.1. The molecule has 0 atom stereocenters. The predicted molar refractivity (Wildman–Crippen MR) is 111 cm³/mol. The van der Waals surface area contributed by atoms with E-state index in [1.165, 1.54) is 29.8 Å². The topological polar surface area (TPSA) is 55.4 Å². The summed E-state index contributed by atoms with van der Waals surface area (Å²) in [6, 6.07) is 17.6. The molecular weight excluding hydrogens is 378 g/mol. The molecule has 6 heteroatoms. The molecule has 1 N–H and O–H groups in total. The molecule has 4 nitrogen and oxygen atoms in total. The summed E-state index contributed by atoms with van der Waals surface area (Å²) in [6.07, 6.45) is 0. The standard InChI is InChI=1S/C21H15NO3S2/c1-25-21(24)18-16(15-9-8-13-5-2-3-6-14(13)11-15)12-27-20(18)22-19(23)17-7-4-10-26-17/h2-12H,1H3,(H,22,23). The largest absolute Gasteiger partial charge is 0.465 e. The molecule has 4 aromatic rings. The fourth-order valence-electron chi connectivity index (χ4n) is 2.90. The monoisotopic (exact) mass is 393 g/mol. The van der Waals surface area contributed by atoms with Crippen LogP contribution in [0.25, 0.3) is 21.9 Å². The van der Waals surface area contributed by atoms with E-state index in [0.29, 0.717) is 15.4 Å². The summed E-state index contributed by atoms with van der Waals surface area (Å²) in [5.41, 5.74) is 2.03. The second-order valence-corrected chi connectivity index (χ2v) is 7.67. The first-order valence-electron chi connectivity index (χ1n) is 8.21. The zero-order valence-electron chi connectivity index (χ0n) is 14.4. The second kappa shape index (κ2) is 7.34. The van der Waals surface area contributed by atoms with E-state index in [-0.39, 0.29) is 5.91 Å². The van der Waals surface area contributed by atoms with Crippen molar-refractivity contribution >= 4 is 50.3 Å². The van der Waals surface area contributed by atoms with Gasteiger partial charge in [0.15, 0.2) is 0 Å². The molecule has 0 saturated heterocycles. The zero-order chi connectivity index (χ0) is 18.8. The number of hydrogen-bond donors (Lipinski definition) is 1. The summed E-state index contributed by atoms with van der Waals surface area (Å²) in [6.45, 7) is 0. The number of benzene rings is 2. The van der Waals surface area contributed by atoms with Crippen LogP contribution in [0.4, 0.5) is 5.00 Å². The van der Waals surface area contributed by atoms with Crippen LogP contribution in [0.2, 0.25) is 0 Å². The maximum atomic E-state index is 12.5. The third-order valence-electron chi connectivity index (χ3n) is 4.21. The van der Waals surface area contributed by atoms with Crippen molar-refractivity contribution in [2.24, 2.45) is 0 Å². The first kappa shape index (κ1) is 17.5.